The number of fused-ring (bicyclic) bond motifs is 1. The van der Waals surface area contributed by atoms with Gasteiger partial charge in [-0.3, -0.25) is 4.79 Å². The van der Waals surface area contributed by atoms with Crippen LogP contribution in [0.2, 0.25) is 0 Å². The van der Waals surface area contributed by atoms with Crippen molar-refractivity contribution in [1.29, 1.82) is 0 Å². The predicted molar refractivity (Wildman–Crippen MR) is 132 cm³/mol. The predicted octanol–water partition coefficient (Wildman–Crippen LogP) is 3.58. The number of nitrogens with one attached hydrogen (secondary N) is 2. The quantitative estimate of drug-likeness (QED) is 0.411. The highest BCUT2D eigenvalue weighted by atomic mass is 16.5. The van der Waals surface area contributed by atoms with Crippen LogP contribution in [-0.4, -0.2) is 52.0 Å². The van der Waals surface area contributed by atoms with E-state index in [1.54, 1.807) is 12.4 Å². The van der Waals surface area contributed by atoms with Crippen molar-refractivity contribution < 1.29 is 9.53 Å². The second-order valence-electron chi connectivity index (χ2n) is 7.94. The molecule has 0 unspecified atom stereocenters. The number of hydrogen-bond donors (Lipinski definition) is 2. The van der Waals surface area contributed by atoms with Crippen molar-refractivity contribution in [3.05, 3.63) is 79.1 Å². The van der Waals surface area contributed by atoms with Crippen LogP contribution in [0.3, 0.4) is 0 Å². The fourth-order valence-electron chi connectivity index (χ4n) is 3.81. The number of carbonyl (C=O) groups is 1. The number of rotatable bonds is 7. The average Bonchev–Trinajstić information content (AvgIpc) is 3.28. The minimum Gasteiger partial charge on any atom is -0.378 e. The molecule has 5 rings (SSSR count). The summed E-state index contributed by atoms with van der Waals surface area (Å²) < 4.78 is 7.26. The highest BCUT2D eigenvalue weighted by molar-refractivity contribution is 5.98. The highest BCUT2D eigenvalue weighted by Crippen LogP contribution is 2.22. The van der Waals surface area contributed by atoms with E-state index in [4.69, 9.17) is 9.72 Å². The second-order valence-corrected chi connectivity index (χ2v) is 7.94. The molecule has 2 N–H and O–H groups in total. The maximum Gasteiger partial charge on any atom is 0.247 e. The lowest BCUT2D eigenvalue weighted by molar-refractivity contribution is -0.111. The van der Waals surface area contributed by atoms with Gasteiger partial charge in [0.1, 0.15) is 0 Å². The van der Waals surface area contributed by atoms with E-state index in [2.05, 4.69) is 44.3 Å². The third kappa shape index (κ3) is 4.89. The van der Waals surface area contributed by atoms with Crippen molar-refractivity contribution in [1.82, 2.24) is 19.7 Å². The zero-order chi connectivity index (χ0) is 23.3. The summed E-state index contributed by atoms with van der Waals surface area (Å²) in [6.45, 7) is 7.34. The van der Waals surface area contributed by atoms with E-state index in [1.807, 2.05) is 41.1 Å². The number of anilines is 4. The first-order valence-electron chi connectivity index (χ1n) is 11.1. The van der Waals surface area contributed by atoms with Crippen molar-refractivity contribution in [2.45, 2.75) is 6.54 Å². The molecule has 4 aromatic rings. The first-order valence-corrected chi connectivity index (χ1v) is 11.1. The molecule has 2 aromatic carbocycles. The van der Waals surface area contributed by atoms with Gasteiger partial charge in [0.05, 0.1) is 31.3 Å². The SMILES string of the molecule is C=CC(=O)Nc1ccc(Cn2ncc3cnc(Nc4ccc(N5CCOCC5)cc4)nc32)cc1. The van der Waals surface area contributed by atoms with Crippen LogP contribution in [-0.2, 0) is 16.1 Å². The summed E-state index contributed by atoms with van der Waals surface area (Å²) in [6.07, 6.45) is 4.77. The third-order valence-corrected chi connectivity index (χ3v) is 5.62. The molecule has 9 heteroatoms. The minimum atomic E-state index is -0.238. The monoisotopic (exact) mass is 455 g/mol. The van der Waals surface area contributed by atoms with Crippen molar-refractivity contribution in [3.8, 4) is 0 Å². The van der Waals surface area contributed by atoms with E-state index in [0.717, 1.165) is 48.6 Å². The molecule has 0 bridgehead atoms. The van der Waals surface area contributed by atoms with Crippen LogP contribution < -0.4 is 15.5 Å². The van der Waals surface area contributed by atoms with Crippen LogP contribution >= 0.6 is 0 Å². The molecule has 0 spiro atoms. The van der Waals surface area contributed by atoms with E-state index < -0.39 is 0 Å². The molecular formula is C25H25N7O2. The Hall–Kier alpha value is -4.24. The summed E-state index contributed by atoms with van der Waals surface area (Å²) in [7, 11) is 0. The zero-order valence-corrected chi connectivity index (χ0v) is 18.6. The number of morpholine rings is 1. The normalized spacial score (nSPS) is 13.6. The standard InChI is InChI=1S/C25H25N7O2/c1-2-23(33)28-20-5-3-18(4-6-20)17-32-24-19(16-27-32)15-26-25(30-24)29-21-7-9-22(10-8-21)31-11-13-34-14-12-31/h2-10,15-16H,1,11-14,17H2,(H,28,33)(H,26,29,30). The minimum absolute atomic E-state index is 0.238. The number of carbonyl (C=O) groups excluding carboxylic acids is 1. The molecule has 2 aromatic heterocycles. The number of hydrogen-bond acceptors (Lipinski definition) is 7. The molecule has 9 nitrogen and oxygen atoms in total. The molecule has 3 heterocycles. The molecule has 172 valence electrons. The number of benzene rings is 2. The van der Waals surface area contributed by atoms with Crippen LogP contribution in [0.1, 0.15) is 5.56 Å². The summed E-state index contributed by atoms with van der Waals surface area (Å²) in [5.41, 5.74) is 4.59. The topological polar surface area (TPSA) is 97.2 Å². The van der Waals surface area contributed by atoms with Gasteiger partial charge >= 0.3 is 0 Å². The molecule has 1 saturated heterocycles. The number of aromatic nitrogens is 4. The van der Waals surface area contributed by atoms with Gasteiger partial charge in [-0.2, -0.15) is 10.1 Å². The lowest BCUT2D eigenvalue weighted by atomic mass is 10.2. The summed E-state index contributed by atoms with van der Waals surface area (Å²) >= 11 is 0. The van der Waals surface area contributed by atoms with Crippen LogP contribution in [0, 0.1) is 0 Å². The number of nitrogens with zero attached hydrogens (tertiary/aromatic N) is 5. The third-order valence-electron chi connectivity index (χ3n) is 5.62. The van der Waals surface area contributed by atoms with Crippen molar-refractivity contribution in [2.75, 3.05) is 41.8 Å². The summed E-state index contributed by atoms with van der Waals surface area (Å²) in [6, 6.07) is 15.8. The van der Waals surface area contributed by atoms with E-state index in [0.29, 0.717) is 18.2 Å². The summed E-state index contributed by atoms with van der Waals surface area (Å²) in [5, 5.41) is 11.4. The number of amides is 1. The maximum absolute atomic E-state index is 11.5. The highest BCUT2D eigenvalue weighted by Gasteiger charge is 2.12. The number of ether oxygens (including phenoxy) is 1. The molecule has 1 amide bonds. The Morgan fingerprint density at radius 2 is 1.76 bits per heavy atom. The lowest BCUT2D eigenvalue weighted by Crippen LogP contribution is -2.36. The van der Waals surface area contributed by atoms with Crippen LogP contribution in [0.15, 0.2) is 73.6 Å². The Morgan fingerprint density at radius 3 is 2.50 bits per heavy atom. The van der Waals surface area contributed by atoms with Crippen molar-refractivity contribution in [2.24, 2.45) is 0 Å². The zero-order valence-electron chi connectivity index (χ0n) is 18.6. The lowest BCUT2D eigenvalue weighted by Gasteiger charge is -2.28. The van der Waals surface area contributed by atoms with Gasteiger partial charge < -0.3 is 20.3 Å². The van der Waals surface area contributed by atoms with E-state index in [1.165, 1.54) is 11.8 Å². The van der Waals surface area contributed by atoms with Crippen molar-refractivity contribution >= 4 is 40.0 Å². The Labute approximate surface area is 197 Å². The molecule has 0 aliphatic carbocycles. The molecule has 1 aliphatic rings. The Balaban J connectivity index is 1.29. The first-order chi connectivity index (χ1) is 16.7. The molecule has 0 radical (unpaired) electrons. The largest absolute Gasteiger partial charge is 0.378 e. The Bertz CT molecular complexity index is 1290. The fraction of sp³-hybridized carbons (Fsp3) is 0.200. The summed E-state index contributed by atoms with van der Waals surface area (Å²) in [4.78, 5) is 22.9. The Kier molecular flexibility index (Phi) is 6.17. The van der Waals surface area contributed by atoms with Gasteiger partial charge in [0.15, 0.2) is 5.65 Å². The molecule has 0 saturated carbocycles. The van der Waals surface area contributed by atoms with Gasteiger partial charge in [-0.1, -0.05) is 18.7 Å². The molecular weight excluding hydrogens is 430 g/mol. The van der Waals surface area contributed by atoms with Gasteiger partial charge in [0.25, 0.3) is 0 Å². The van der Waals surface area contributed by atoms with Crippen LogP contribution in [0.5, 0.6) is 0 Å². The Morgan fingerprint density at radius 1 is 1.03 bits per heavy atom. The van der Waals surface area contributed by atoms with E-state index in [-0.39, 0.29) is 5.91 Å². The fourth-order valence-corrected chi connectivity index (χ4v) is 3.81. The molecule has 1 fully saturated rings. The van der Waals surface area contributed by atoms with Gasteiger partial charge in [-0.05, 0) is 48.0 Å². The van der Waals surface area contributed by atoms with Gasteiger partial charge in [0.2, 0.25) is 11.9 Å². The van der Waals surface area contributed by atoms with Gasteiger partial charge in [-0.15, -0.1) is 0 Å². The average molecular weight is 456 g/mol. The molecule has 0 atom stereocenters. The van der Waals surface area contributed by atoms with Crippen LogP contribution in [0.4, 0.5) is 23.0 Å². The smallest absolute Gasteiger partial charge is 0.247 e. The van der Waals surface area contributed by atoms with Crippen LogP contribution in [0.25, 0.3) is 11.0 Å². The maximum atomic E-state index is 11.5. The second kappa shape index (κ2) is 9.72. The van der Waals surface area contributed by atoms with Gasteiger partial charge in [-0.25, -0.2) is 9.67 Å². The molecule has 1 aliphatic heterocycles. The van der Waals surface area contributed by atoms with E-state index >= 15 is 0 Å². The van der Waals surface area contributed by atoms with E-state index in [9.17, 15) is 4.79 Å². The molecule has 34 heavy (non-hydrogen) atoms. The van der Waals surface area contributed by atoms with Gasteiger partial charge in [0, 0.05) is 36.3 Å². The first kappa shape index (κ1) is 21.6. The summed E-state index contributed by atoms with van der Waals surface area (Å²) in [5.74, 6) is 0.272. The van der Waals surface area contributed by atoms with Crippen molar-refractivity contribution in [3.63, 3.8) is 0 Å².